The normalized spacial score (nSPS) is 46.6. The van der Waals surface area contributed by atoms with E-state index in [1.165, 1.54) is 0 Å². The summed E-state index contributed by atoms with van der Waals surface area (Å²) in [5, 5.41) is 0. The van der Waals surface area contributed by atoms with E-state index < -0.39 is 5.41 Å². The molecule has 48 valence electrons. The fourth-order valence-corrected chi connectivity index (χ4v) is 1.21. The third kappa shape index (κ3) is 0.385. The first-order valence-corrected chi connectivity index (χ1v) is 2.91. The average Bonchev–Trinajstić information content (AvgIpc) is 2.38. The van der Waals surface area contributed by atoms with Crippen LogP contribution in [-0.4, -0.2) is 11.9 Å². The molecule has 1 saturated heterocycles. The van der Waals surface area contributed by atoms with Crippen molar-refractivity contribution in [3.05, 3.63) is 0 Å². The van der Waals surface area contributed by atoms with Gasteiger partial charge in [0, 0.05) is 0 Å². The summed E-state index contributed by atoms with van der Waals surface area (Å²) in [6.07, 6.45) is 0.699. The third-order valence-corrected chi connectivity index (χ3v) is 2.18. The Balaban J connectivity index is 2.38. The van der Waals surface area contributed by atoms with E-state index in [4.69, 9.17) is 0 Å². The second-order valence-electron chi connectivity index (χ2n) is 2.88. The van der Waals surface area contributed by atoms with Crippen LogP contribution in [-0.2, 0) is 14.3 Å². The van der Waals surface area contributed by atoms with Crippen LogP contribution in [0.15, 0.2) is 0 Å². The summed E-state index contributed by atoms with van der Waals surface area (Å²) in [5.74, 6) is -0.773. The Kier molecular flexibility index (Phi) is 0.570. The predicted octanol–water partition coefficient (Wildman–Crippen LogP) is 0.0960. The van der Waals surface area contributed by atoms with Gasteiger partial charge in [0.05, 0.1) is 11.3 Å². The Hall–Kier alpha value is -0.860. The van der Waals surface area contributed by atoms with Crippen LogP contribution in [0.2, 0.25) is 0 Å². The minimum atomic E-state index is -0.420. The van der Waals surface area contributed by atoms with Crippen molar-refractivity contribution in [3.63, 3.8) is 0 Å². The lowest BCUT2D eigenvalue weighted by atomic mass is 10.1. The van der Waals surface area contributed by atoms with Crippen LogP contribution in [0, 0.1) is 11.3 Å². The van der Waals surface area contributed by atoms with E-state index in [0.29, 0.717) is 6.42 Å². The van der Waals surface area contributed by atoms with Crippen LogP contribution in [0.5, 0.6) is 0 Å². The molecule has 2 aliphatic rings. The first-order valence-electron chi connectivity index (χ1n) is 2.91. The SMILES string of the molecule is C[C@]12C[C@@H]1C(=O)OC2=O. The van der Waals surface area contributed by atoms with Crippen molar-refractivity contribution in [3.8, 4) is 0 Å². The van der Waals surface area contributed by atoms with Gasteiger partial charge in [-0.05, 0) is 13.3 Å². The Labute approximate surface area is 52.0 Å². The van der Waals surface area contributed by atoms with Crippen molar-refractivity contribution in [2.24, 2.45) is 11.3 Å². The van der Waals surface area contributed by atoms with Crippen molar-refractivity contribution in [2.75, 3.05) is 0 Å². The number of esters is 2. The van der Waals surface area contributed by atoms with Gasteiger partial charge in [-0.15, -0.1) is 0 Å². The topological polar surface area (TPSA) is 43.4 Å². The smallest absolute Gasteiger partial charge is 0.320 e. The van der Waals surface area contributed by atoms with Crippen molar-refractivity contribution >= 4 is 11.9 Å². The molecule has 2 atom stereocenters. The Bertz CT molecular complexity index is 208. The largest absolute Gasteiger partial charge is 0.392 e. The number of hydrogen-bond donors (Lipinski definition) is 0. The zero-order valence-corrected chi connectivity index (χ0v) is 5.01. The molecule has 9 heavy (non-hydrogen) atoms. The molecule has 0 radical (unpaired) electrons. The number of carbonyl (C=O) groups excluding carboxylic acids is 2. The molecule has 1 saturated carbocycles. The number of carbonyl (C=O) groups is 2. The van der Waals surface area contributed by atoms with E-state index >= 15 is 0 Å². The molecule has 0 aromatic heterocycles. The van der Waals surface area contributed by atoms with Gasteiger partial charge in [-0.25, -0.2) is 0 Å². The zero-order chi connectivity index (χ0) is 6.65. The minimum absolute atomic E-state index is 0.106. The molecule has 2 rings (SSSR count). The predicted molar refractivity (Wildman–Crippen MR) is 27.3 cm³/mol. The van der Waals surface area contributed by atoms with E-state index in [9.17, 15) is 9.59 Å². The van der Waals surface area contributed by atoms with E-state index in [2.05, 4.69) is 4.74 Å². The highest BCUT2D eigenvalue weighted by atomic mass is 16.6. The molecule has 3 heteroatoms. The fourth-order valence-electron chi connectivity index (χ4n) is 1.21. The molecule has 0 N–H and O–H groups in total. The van der Waals surface area contributed by atoms with Crippen LogP contribution < -0.4 is 0 Å². The van der Waals surface area contributed by atoms with E-state index in [0.717, 1.165) is 0 Å². The number of cyclic esters (lactones) is 2. The summed E-state index contributed by atoms with van der Waals surface area (Å²) in [6.45, 7) is 1.77. The lowest BCUT2D eigenvalue weighted by Crippen LogP contribution is -2.09. The second kappa shape index (κ2) is 1.03. The molecule has 1 heterocycles. The molecule has 0 spiro atoms. The first-order chi connectivity index (χ1) is 4.14. The molecule has 0 aromatic rings. The van der Waals surface area contributed by atoms with Crippen LogP contribution in [0.1, 0.15) is 13.3 Å². The highest BCUT2D eigenvalue weighted by Crippen LogP contribution is 2.57. The van der Waals surface area contributed by atoms with Crippen LogP contribution >= 0.6 is 0 Å². The summed E-state index contributed by atoms with van der Waals surface area (Å²) in [4.78, 5) is 21.3. The summed E-state index contributed by atoms with van der Waals surface area (Å²) in [5.41, 5.74) is -0.420. The summed E-state index contributed by atoms with van der Waals surface area (Å²) < 4.78 is 4.35. The van der Waals surface area contributed by atoms with Gasteiger partial charge >= 0.3 is 11.9 Å². The third-order valence-electron chi connectivity index (χ3n) is 2.18. The number of rotatable bonds is 0. The van der Waals surface area contributed by atoms with Gasteiger partial charge in [0.2, 0.25) is 0 Å². The van der Waals surface area contributed by atoms with Gasteiger partial charge in [0.25, 0.3) is 0 Å². The molecule has 0 bridgehead atoms. The monoisotopic (exact) mass is 126 g/mol. The lowest BCUT2D eigenvalue weighted by Gasteiger charge is -1.95. The molecule has 1 aliphatic carbocycles. The lowest BCUT2D eigenvalue weighted by molar-refractivity contribution is -0.156. The van der Waals surface area contributed by atoms with Gasteiger partial charge in [0.1, 0.15) is 0 Å². The minimum Gasteiger partial charge on any atom is -0.392 e. The standard InChI is InChI=1S/C6H6O3/c1-6-2-3(6)4(7)9-5(6)8/h3H,2H2,1H3/t3-,6+/m1/s1. The zero-order valence-electron chi connectivity index (χ0n) is 5.01. The van der Waals surface area contributed by atoms with Crippen molar-refractivity contribution in [2.45, 2.75) is 13.3 Å². The summed E-state index contributed by atoms with van der Waals surface area (Å²) >= 11 is 0. The molecule has 2 fully saturated rings. The van der Waals surface area contributed by atoms with E-state index in [-0.39, 0.29) is 17.9 Å². The first kappa shape index (κ1) is 4.97. The molecular formula is C6H6O3. The van der Waals surface area contributed by atoms with E-state index in [1.807, 2.05) is 0 Å². The highest BCUT2D eigenvalue weighted by Gasteiger charge is 2.67. The Morgan fingerprint density at radius 3 is 2.44 bits per heavy atom. The molecule has 0 aromatic carbocycles. The van der Waals surface area contributed by atoms with Crippen molar-refractivity contribution in [1.82, 2.24) is 0 Å². The quantitative estimate of drug-likeness (QED) is 0.341. The van der Waals surface area contributed by atoms with E-state index in [1.54, 1.807) is 6.92 Å². The van der Waals surface area contributed by atoms with Crippen LogP contribution in [0.4, 0.5) is 0 Å². The maximum atomic E-state index is 10.7. The molecule has 3 nitrogen and oxygen atoms in total. The van der Waals surface area contributed by atoms with Gasteiger partial charge < -0.3 is 4.74 Å². The van der Waals surface area contributed by atoms with Gasteiger partial charge in [0.15, 0.2) is 0 Å². The number of ether oxygens (including phenoxy) is 1. The molecule has 1 aliphatic heterocycles. The van der Waals surface area contributed by atoms with Gasteiger partial charge in [-0.3, -0.25) is 9.59 Å². The maximum Gasteiger partial charge on any atom is 0.320 e. The second-order valence-corrected chi connectivity index (χ2v) is 2.88. The highest BCUT2D eigenvalue weighted by molar-refractivity contribution is 6.03. The summed E-state index contributed by atoms with van der Waals surface area (Å²) in [7, 11) is 0. The molecule has 0 unspecified atom stereocenters. The average molecular weight is 126 g/mol. The maximum absolute atomic E-state index is 10.7. The van der Waals surface area contributed by atoms with Gasteiger partial charge in [-0.2, -0.15) is 0 Å². The van der Waals surface area contributed by atoms with Gasteiger partial charge in [-0.1, -0.05) is 0 Å². The number of hydrogen-bond acceptors (Lipinski definition) is 3. The number of fused-ring (bicyclic) bond motifs is 1. The van der Waals surface area contributed by atoms with Crippen molar-refractivity contribution < 1.29 is 14.3 Å². The fraction of sp³-hybridized carbons (Fsp3) is 0.667. The molecule has 0 amide bonds. The molecular weight excluding hydrogens is 120 g/mol. The summed E-state index contributed by atoms with van der Waals surface area (Å²) in [6, 6.07) is 0. The Morgan fingerprint density at radius 2 is 2.33 bits per heavy atom. The van der Waals surface area contributed by atoms with Crippen molar-refractivity contribution in [1.29, 1.82) is 0 Å². The van der Waals surface area contributed by atoms with Crippen LogP contribution in [0.25, 0.3) is 0 Å². The Morgan fingerprint density at radius 1 is 1.67 bits per heavy atom. The van der Waals surface area contributed by atoms with Crippen LogP contribution in [0.3, 0.4) is 0 Å².